The molecule has 1 aliphatic carbocycles. The van der Waals surface area contributed by atoms with Crippen LogP contribution in [-0.4, -0.2) is 18.6 Å². The SMILES string of the molecule is C=N/C(C/C=C\CC(=C)N=C/C=C\C)=C1/C=CC=CC1=NCc1ccc(C)cc1. The fraction of sp³-hybridized carbons (Fsp3) is 0.192. The van der Waals surface area contributed by atoms with E-state index in [0.29, 0.717) is 19.4 Å². The van der Waals surface area contributed by atoms with Crippen molar-refractivity contribution in [2.75, 3.05) is 0 Å². The van der Waals surface area contributed by atoms with Crippen LogP contribution in [0.2, 0.25) is 0 Å². The first-order valence-electron chi connectivity index (χ1n) is 9.77. The molecular weight excluding hydrogens is 354 g/mol. The zero-order valence-corrected chi connectivity index (χ0v) is 17.4. The normalized spacial score (nSPS) is 17.1. The summed E-state index contributed by atoms with van der Waals surface area (Å²) in [6.45, 7) is 12.4. The summed E-state index contributed by atoms with van der Waals surface area (Å²) < 4.78 is 0. The van der Waals surface area contributed by atoms with E-state index < -0.39 is 0 Å². The molecule has 0 aliphatic heterocycles. The molecule has 0 N–H and O–H groups in total. The highest BCUT2D eigenvalue weighted by molar-refractivity contribution is 6.12. The molecule has 0 saturated heterocycles. The second-order valence-corrected chi connectivity index (χ2v) is 6.67. The van der Waals surface area contributed by atoms with Crippen molar-refractivity contribution in [1.29, 1.82) is 0 Å². The van der Waals surface area contributed by atoms with E-state index in [9.17, 15) is 0 Å². The van der Waals surface area contributed by atoms with Crippen LogP contribution < -0.4 is 0 Å². The number of aliphatic imine (C=N–C) groups is 3. The van der Waals surface area contributed by atoms with Crippen molar-refractivity contribution in [3.05, 3.63) is 108 Å². The molecule has 0 bridgehead atoms. The average Bonchev–Trinajstić information content (AvgIpc) is 2.74. The summed E-state index contributed by atoms with van der Waals surface area (Å²) in [6, 6.07) is 8.46. The van der Waals surface area contributed by atoms with Crippen LogP contribution in [0, 0.1) is 6.92 Å². The third-order valence-corrected chi connectivity index (χ3v) is 4.33. The van der Waals surface area contributed by atoms with E-state index in [-0.39, 0.29) is 0 Å². The molecule has 3 heteroatoms. The highest BCUT2D eigenvalue weighted by Gasteiger charge is 2.09. The first-order chi connectivity index (χ1) is 14.1. The molecular formula is C26H29N3. The van der Waals surface area contributed by atoms with E-state index in [1.165, 1.54) is 11.1 Å². The number of allylic oxidation sites excluding steroid dienone is 9. The van der Waals surface area contributed by atoms with Crippen LogP contribution in [0.5, 0.6) is 0 Å². The zero-order chi connectivity index (χ0) is 20.9. The van der Waals surface area contributed by atoms with Gasteiger partial charge in [-0.05, 0) is 38.3 Å². The van der Waals surface area contributed by atoms with Gasteiger partial charge in [0.05, 0.1) is 18.0 Å². The summed E-state index contributed by atoms with van der Waals surface area (Å²) in [7, 11) is 0. The molecule has 148 valence electrons. The maximum atomic E-state index is 4.80. The molecule has 1 aromatic carbocycles. The van der Waals surface area contributed by atoms with E-state index >= 15 is 0 Å². The summed E-state index contributed by atoms with van der Waals surface area (Å²) in [6.07, 6.45) is 19.2. The molecule has 0 atom stereocenters. The highest BCUT2D eigenvalue weighted by atomic mass is 14.8. The number of hydrogen-bond donors (Lipinski definition) is 0. The Morgan fingerprint density at radius 1 is 1.03 bits per heavy atom. The number of nitrogens with zero attached hydrogens (tertiary/aromatic N) is 3. The Hall–Kier alpha value is -3.33. The van der Waals surface area contributed by atoms with Crippen molar-refractivity contribution >= 4 is 18.6 Å². The van der Waals surface area contributed by atoms with E-state index in [1.807, 2.05) is 43.4 Å². The highest BCUT2D eigenvalue weighted by Crippen LogP contribution is 2.19. The topological polar surface area (TPSA) is 37.1 Å². The lowest BCUT2D eigenvalue weighted by Gasteiger charge is -2.11. The fourth-order valence-electron chi connectivity index (χ4n) is 2.69. The number of rotatable bonds is 9. The van der Waals surface area contributed by atoms with Gasteiger partial charge in [-0.1, -0.05) is 72.9 Å². The van der Waals surface area contributed by atoms with Gasteiger partial charge in [0.15, 0.2) is 0 Å². The van der Waals surface area contributed by atoms with Gasteiger partial charge in [-0.25, -0.2) is 0 Å². The molecule has 0 fully saturated rings. The lowest BCUT2D eigenvalue weighted by molar-refractivity contribution is 1.06. The summed E-state index contributed by atoms with van der Waals surface area (Å²) >= 11 is 0. The van der Waals surface area contributed by atoms with Gasteiger partial charge in [-0.15, -0.1) is 0 Å². The summed E-state index contributed by atoms with van der Waals surface area (Å²) in [5.41, 5.74) is 6.12. The van der Waals surface area contributed by atoms with Crippen LogP contribution in [0.15, 0.2) is 111 Å². The Balaban J connectivity index is 2.07. The minimum absolute atomic E-state index is 0.640. The van der Waals surface area contributed by atoms with Gasteiger partial charge in [0.1, 0.15) is 0 Å². The third-order valence-electron chi connectivity index (χ3n) is 4.33. The molecule has 0 saturated carbocycles. The number of hydrogen-bond acceptors (Lipinski definition) is 3. The van der Waals surface area contributed by atoms with E-state index in [0.717, 1.165) is 22.7 Å². The molecule has 0 amide bonds. The van der Waals surface area contributed by atoms with Crippen LogP contribution in [0.25, 0.3) is 0 Å². The van der Waals surface area contributed by atoms with Crippen LogP contribution in [0.3, 0.4) is 0 Å². The van der Waals surface area contributed by atoms with Gasteiger partial charge in [0.25, 0.3) is 0 Å². The maximum Gasteiger partial charge on any atom is 0.0669 e. The maximum absolute atomic E-state index is 4.80. The molecule has 3 nitrogen and oxygen atoms in total. The molecule has 0 heterocycles. The van der Waals surface area contributed by atoms with Gasteiger partial charge in [0.2, 0.25) is 0 Å². The minimum atomic E-state index is 0.640. The van der Waals surface area contributed by atoms with Crippen molar-refractivity contribution in [3.8, 4) is 0 Å². The quantitative estimate of drug-likeness (QED) is 0.344. The van der Waals surface area contributed by atoms with Crippen LogP contribution in [-0.2, 0) is 6.54 Å². The summed E-state index contributed by atoms with van der Waals surface area (Å²) in [5.74, 6) is 0. The lowest BCUT2D eigenvalue weighted by Crippen LogP contribution is -2.04. The fourth-order valence-corrected chi connectivity index (χ4v) is 2.69. The van der Waals surface area contributed by atoms with E-state index in [4.69, 9.17) is 4.99 Å². The average molecular weight is 384 g/mol. The smallest absolute Gasteiger partial charge is 0.0669 e. The first-order valence-corrected chi connectivity index (χ1v) is 9.77. The predicted molar refractivity (Wildman–Crippen MR) is 128 cm³/mol. The Labute approximate surface area is 174 Å². The van der Waals surface area contributed by atoms with Gasteiger partial charge in [-0.2, -0.15) is 0 Å². The predicted octanol–water partition coefficient (Wildman–Crippen LogP) is 6.51. The van der Waals surface area contributed by atoms with Gasteiger partial charge in [-0.3, -0.25) is 15.0 Å². The van der Waals surface area contributed by atoms with Crippen LogP contribution in [0.4, 0.5) is 0 Å². The Morgan fingerprint density at radius 3 is 2.48 bits per heavy atom. The van der Waals surface area contributed by atoms with Crippen molar-refractivity contribution in [3.63, 3.8) is 0 Å². The van der Waals surface area contributed by atoms with E-state index in [1.54, 1.807) is 6.21 Å². The van der Waals surface area contributed by atoms with E-state index in [2.05, 4.69) is 66.6 Å². The van der Waals surface area contributed by atoms with Crippen molar-refractivity contribution in [2.45, 2.75) is 33.2 Å². The molecule has 29 heavy (non-hydrogen) atoms. The second kappa shape index (κ2) is 12.2. The first kappa shape index (κ1) is 22.0. The van der Waals surface area contributed by atoms with Gasteiger partial charge >= 0.3 is 0 Å². The zero-order valence-electron chi connectivity index (χ0n) is 17.4. The second-order valence-electron chi connectivity index (χ2n) is 6.67. The number of aryl methyl sites for hydroxylation is 1. The molecule has 0 radical (unpaired) electrons. The molecule has 1 aliphatic rings. The third kappa shape index (κ3) is 7.67. The Morgan fingerprint density at radius 2 is 1.76 bits per heavy atom. The molecule has 0 spiro atoms. The Bertz CT molecular complexity index is 917. The van der Waals surface area contributed by atoms with Gasteiger partial charge in [0, 0.05) is 30.3 Å². The Kier molecular flexibility index (Phi) is 9.23. The molecule has 1 aromatic rings. The minimum Gasteiger partial charge on any atom is -0.280 e. The standard InChI is InChI=1S/C26H29N3/c1-5-6-19-28-22(3)11-7-9-13-25(27-4)24-12-8-10-14-26(24)29-20-23-17-15-21(2)16-18-23/h5-10,12,14-19H,3-4,11,13,20H2,1-2H3/b6-5-,9-7-,25-24-,28-19?,29-26?. The summed E-state index contributed by atoms with van der Waals surface area (Å²) in [4.78, 5) is 13.3. The largest absolute Gasteiger partial charge is 0.280 e. The number of benzene rings is 1. The molecule has 0 aromatic heterocycles. The summed E-state index contributed by atoms with van der Waals surface area (Å²) in [5, 5.41) is 0. The van der Waals surface area contributed by atoms with Crippen LogP contribution >= 0.6 is 0 Å². The molecule has 0 unspecified atom stereocenters. The molecule has 2 rings (SSSR count). The van der Waals surface area contributed by atoms with Crippen molar-refractivity contribution in [1.82, 2.24) is 0 Å². The van der Waals surface area contributed by atoms with Crippen molar-refractivity contribution < 1.29 is 0 Å². The van der Waals surface area contributed by atoms with Gasteiger partial charge < -0.3 is 0 Å². The lowest BCUT2D eigenvalue weighted by atomic mass is 10.0. The van der Waals surface area contributed by atoms with Crippen LogP contribution in [0.1, 0.15) is 30.9 Å². The van der Waals surface area contributed by atoms with Crippen molar-refractivity contribution in [2.24, 2.45) is 15.0 Å². The monoisotopic (exact) mass is 383 g/mol.